The van der Waals surface area contributed by atoms with Gasteiger partial charge < -0.3 is 9.73 Å². The minimum atomic E-state index is -0.0631. The van der Waals surface area contributed by atoms with Crippen LogP contribution in [0.3, 0.4) is 0 Å². The fourth-order valence-electron chi connectivity index (χ4n) is 2.26. The minimum absolute atomic E-state index is 0.0631. The molecule has 112 valence electrons. The molecule has 1 unspecified atom stereocenters. The number of benzene rings is 1. The first kappa shape index (κ1) is 14.5. The van der Waals surface area contributed by atoms with Gasteiger partial charge in [-0.1, -0.05) is 12.1 Å². The van der Waals surface area contributed by atoms with Crippen molar-refractivity contribution in [2.75, 3.05) is 0 Å². The third-order valence-electron chi connectivity index (χ3n) is 3.36. The molecule has 0 bridgehead atoms. The van der Waals surface area contributed by atoms with E-state index in [1.165, 1.54) is 12.0 Å². The number of nitrogens with zero attached hydrogens (tertiary/aromatic N) is 1. The van der Waals surface area contributed by atoms with E-state index in [1.807, 2.05) is 24.4 Å². The highest BCUT2D eigenvalue weighted by Gasteiger charge is 2.11. The molecule has 2 aromatic heterocycles. The third kappa shape index (κ3) is 3.43. The Hall–Kier alpha value is -2.40. The van der Waals surface area contributed by atoms with Gasteiger partial charge in [-0.05, 0) is 47.9 Å². The van der Waals surface area contributed by atoms with Gasteiger partial charge in [0.2, 0.25) is 0 Å². The van der Waals surface area contributed by atoms with Crippen molar-refractivity contribution in [3.8, 4) is 11.3 Å². The molecule has 0 radical (unpaired) electrons. The van der Waals surface area contributed by atoms with E-state index < -0.39 is 0 Å². The Morgan fingerprint density at radius 3 is 2.77 bits per heavy atom. The van der Waals surface area contributed by atoms with Gasteiger partial charge >= 0.3 is 0 Å². The molecule has 3 rings (SSSR count). The minimum Gasteiger partial charge on any atom is -0.444 e. The summed E-state index contributed by atoms with van der Waals surface area (Å²) in [6, 6.07) is 9.49. The smallest absolute Gasteiger partial charge is 0.251 e. The summed E-state index contributed by atoms with van der Waals surface area (Å²) in [5.74, 6) is 0.629. The highest BCUT2D eigenvalue weighted by Crippen LogP contribution is 2.19. The van der Waals surface area contributed by atoms with Gasteiger partial charge in [0.25, 0.3) is 5.91 Å². The number of amides is 1. The summed E-state index contributed by atoms with van der Waals surface area (Å²) < 4.78 is 5.23. The number of hydrogen-bond acceptors (Lipinski definition) is 4. The van der Waals surface area contributed by atoms with E-state index >= 15 is 0 Å². The summed E-state index contributed by atoms with van der Waals surface area (Å²) >= 11 is 1.67. The highest BCUT2D eigenvalue weighted by molar-refractivity contribution is 7.07. The molecule has 0 aliphatic rings. The lowest BCUT2D eigenvalue weighted by atomic mass is 10.1. The Morgan fingerprint density at radius 2 is 2.14 bits per heavy atom. The quantitative estimate of drug-likeness (QED) is 0.780. The standard InChI is InChI=1S/C17H16N2O2S/c1-12(8-13-6-7-22-10-13)19-17(20)15-4-2-14(3-5-15)16-9-18-11-21-16/h2-7,9-12H,8H2,1H3,(H,19,20). The lowest BCUT2D eigenvalue weighted by Gasteiger charge is -2.13. The van der Waals surface area contributed by atoms with Crippen molar-refractivity contribution in [1.29, 1.82) is 0 Å². The molecule has 0 aliphatic carbocycles. The van der Waals surface area contributed by atoms with Crippen LogP contribution >= 0.6 is 11.3 Å². The second kappa shape index (κ2) is 6.58. The summed E-state index contributed by atoms with van der Waals surface area (Å²) in [6.45, 7) is 2.01. The van der Waals surface area contributed by atoms with Crippen molar-refractivity contribution in [1.82, 2.24) is 10.3 Å². The van der Waals surface area contributed by atoms with Gasteiger partial charge in [-0.3, -0.25) is 4.79 Å². The lowest BCUT2D eigenvalue weighted by Crippen LogP contribution is -2.33. The number of nitrogens with one attached hydrogen (secondary N) is 1. The van der Waals surface area contributed by atoms with E-state index in [9.17, 15) is 4.79 Å². The Morgan fingerprint density at radius 1 is 1.32 bits per heavy atom. The van der Waals surface area contributed by atoms with Crippen LogP contribution in [0.2, 0.25) is 0 Å². The van der Waals surface area contributed by atoms with E-state index in [4.69, 9.17) is 4.42 Å². The van der Waals surface area contributed by atoms with Gasteiger partial charge in [0.1, 0.15) is 0 Å². The fourth-order valence-corrected chi connectivity index (χ4v) is 2.95. The maximum Gasteiger partial charge on any atom is 0.251 e. The number of hydrogen-bond donors (Lipinski definition) is 1. The molecule has 1 N–H and O–H groups in total. The second-order valence-electron chi connectivity index (χ2n) is 5.15. The average molecular weight is 312 g/mol. The molecular formula is C17H16N2O2S. The Bertz CT molecular complexity index is 719. The van der Waals surface area contributed by atoms with Gasteiger partial charge in [-0.15, -0.1) is 0 Å². The molecule has 0 aliphatic heterocycles. The zero-order valence-corrected chi connectivity index (χ0v) is 13.0. The summed E-state index contributed by atoms with van der Waals surface area (Å²) in [7, 11) is 0. The van der Waals surface area contributed by atoms with Crippen LogP contribution < -0.4 is 5.32 Å². The first-order chi connectivity index (χ1) is 10.7. The Labute approximate surface area is 132 Å². The predicted molar refractivity (Wildman–Crippen MR) is 86.9 cm³/mol. The van der Waals surface area contributed by atoms with Crippen LogP contribution in [-0.2, 0) is 6.42 Å². The van der Waals surface area contributed by atoms with Crippen LogP contribution in [0.1, 0.15) is 22.8 Å². The van der Waals surface area contributed by atoms with Crippen LogP contribution in [0, 0.1) is 0 Å². The van der Waals surface area contributed by atoms with E-state index in [0.29, 0.717) is 11.3 Å². The van der Waals surface area contributed by atoms with Crippen molar-refractivity contribution in [3.63, 3.8) is 0 Å². The number of rotatable bonds is 5. The number of aromatic nitrogens is 1. The first-order valence-electron chi connectivity index (χ1n) is 7.03. The molecule has 0 spiro atoms. The molecule has 0 fully saturated rings. The molecule has 1 amide bonds. The molecule has 0 saturated carbocycles. The maximum atomic E-state index is 12.2. The molecule has 1 atom stereocenters. The summed E-state index contributed by atoms with van der Waals surface area (Å²) in [5, 5.41) is 7.17. The van der Waals surface area contributed by atoms with E-state index in [-0.39, 0.29) is 11.9 Å². The Kier molecular flexibility index (Phi) is 4.34. The monoisotopic (exact) mass is 312 g/mol. The van der Waals surface area contributed by atoms with Crippen LogP contribution in [0.4, 0.5) is 0 Å². The van der Waals surface area contributed by atoms with Crippen molar-refractivity contribution in [2.24, 2.45) is 0 Å². The zero-order valence-electron chi connectivity index (χ0n) is 12.2. The molecule has 3 aromatic rings. The van der Waals surface area contributed by atoms with Gasteiger partial charge in [0.15, 0.2) is 12.2 Å². The van der Waals surface area contributed by atoms with E-state index in [2.05, 4.69) is 21.7 Å². The average Bonchev–Trinajstić information content (AvgIpc) is 3.20. The van der Waals surface area contributed by atoms with Crippen LogP contribution in [0.25, 0.3) is 11.3 Å². The van der Waals surface area contributed by atoms with Crippen molar-refractivity contribution in [2.45, 2.75) is 19.4 Å². The molecule has 22 heavy (non-hydrogen) atoms. The van der Waals surface area contributed by atoms with Crippen LogP contribution in [0.15, 0.2) is 58.1 Å². The van der Waals surface area contributed by atoms with Gasteiger partial charge in [0.05, 0.1) is 6.20 Å². The first-order valence-corrected chi connectivity index (χ1v) is 7.97. The number of carbonyl (C=O) groups excluding carboxylic acids is 1. The van der Waals surface area contributed by atoms with Crippen molar-refractivity contribution in [3.05, 3.63) is 64.8 Å². The maximum absolute atomic E-state index is 12.2. The molecule has 1 aromatic carbocycles. The number of thiophene rings is 1. The highest BCUT2D eigenvalue weighted by atomic mass is 32.1. The van der Waals surface area contributed by atoms with Gasteiger partial charge in [0, 0.05) is 17.2 Å². The van der Waals surface area contributed by atoms with Crippen LogP contribution in [0.5, 0.6) is 0 Å². The van der Waals surface area contributed by atoms with Crippen molar-refractivity contribution >= 4 is 17.2 Å². The van der Waals surface area contributed by atoms with Gasteiger partial charge in [-0.25, -0.2) is 4.98 Å². The molecule has 5 heteroatoms. The van der Waals surface area contributed by atoms with Crippen LogP contribution in [-0.4, -0.2) is 16.9 Å². The third-order valence-corrected chi connectivity index (χ3v) is 4.10. The summed E-state index contributed by atoms with van der Waals surface area (Å²) in [6.07, 6.45) is 3.88. The van der Waals surface area contributed by atoms with E-state index in [0.717, 1.165) is 12.0 Å². The second-order valence-corrected chi connectivity index (χ2v) is 5.93. The molecule has 2 heterocycles. The Balaban J connectivity index is 1.62. The van der Waals surface area contributed by atoms with Gasteiger partial charge in [-0.2, -0.15) is 11.3 Å². The SMILES string of the molecule is CC(Cc1ccsc1)NC(=O)c1ccc(-c2cnco2)cc1. The molecule has 4 nitrogen and oxygen atoms in total. The molecule has 0 saturated heterocycles. The topological polar surface area (TPSA) is 55.1 Å². The zero-order chi connectivity index (χ0) is 15.4. The molecular weight excluding hydrogens is 296 g/mol. The summed E-state index contributed by atoms with van der Waals surface area (Å²) in [4.78, 5) is 16.1. The fraction of sp³-hybridized carbons (Fsp3) is 0.176. The normalized spacial score (nSPS) is 12.0. The number of oxazole rings is 1. The predicted octanol–water partition coefficient (Wildman–Crippen LogP) is 3.76. The van der Waals surface area contributed by atoms with Crippen molar-refractivity contribution < 1.29 is 9.21 Å². The lowest BCUT2D eigenvalue weighted by molar-refractivity contribution is 0.0940. The largest absolute Gasteiger partial charge is 0.444 e. The summed E-state index contributed by atoms with van der Waals surface area (Å²) in [5.41, 5.74) is 2.79. The number of carbonyl (C=O) groups is 1. The van der Waals surface area contributed by atoms with E-state index in [1.54, 1.807) is 29.7 Å².